The number of carboxylic acids is 1. The first-order valence-electron chi connectivity index (χ1n) is 3.93. The zero-order valence-electron chi connectivity index (χ0n) is 7.21. The van der Waals surface area contributed by atoms with Crippen LogP contribution in [0.2, 0.25) is 5.02 Å². The van der Waals surface area contributed by atoms with Gasteiger partial charge < -0.3 is 10.8 Å². The van der Waals surface area contributed by atoms with Crippen LogP contribution in [0.5, 0.6) is 0 Å². The molecule has 1 aromatic carbocycles. The van der Waals surface area contributed by atoms with Crippen LogP contribution in [0.4, 0.5) is 4.39 Å². The Morgan fingerprint density at radius 1 is 1.64 bits per heavy atom. The number of benzene rings is 1. The van der Waals surface area contributed by atoms with E-state index < -0.39 is 17.8 Å². The number of halogens is 2. The minimum absolute atomic E-state index is 0.0277. The van der Waals surface area contributed by atoms with Gasteiger partial charge in [-0.3, -0.25) is 4.79 Å². The van der Waals surface area contributed by atoms with Gasteiger partial charge in [0.1, 0.15) is 11.9 Å². The SMILES string of the molecule is N[C@H](Cc1cccc(Cl)c1F)C(=O)O. The lowest BCUT2D eigenvalue weighted by Crippen LogP contribution is -2.32. The molecule has 0 unspecified atom stereocenters. The predicted molar refractivity (Wildman–Crippen MR) is 50.7 cm³/mol. The summed E-state index contributed by atoms with van der Waals surface area (Å²) in [6.07, 6.45) is -0.0677. The molecule has 5 heteroatoms. The second-order valence-corrected chi connectivity index (χ2v) is 3.27. The van der Waals surface area contributed by atoms with E-state index in [1.165, 1.54) is 12.1 Å². The molecule has 0 aromatic heterocycles. The van der Waals surface area contributed by atoms with E-state index in [-0.39, 0.29) is 17.0 Å². The number of nitrogens with two attached hydrogens (primary N) is 1. The average molecular weight is 218 g/mol. The summed E-state index contributed by atoms with van der Waals surface area (Å²) in [5.41, 5.74) is 5.47. The van der Waals surface area contributed by atoms with Crippen molar-refractivity contribution in [3.05, 3.63) is 34.6 Å². The fraction of sp³-hybridized carbons (Fsp3) is 0.222. The van der Waals surface area contributed by atoms with Crippen LogP contribution in [0.3, 0.4) is 0 Å². The van der Waals surface area contributed by atoms with Crippen molar-refractivity contribution in [3.63, 3.8) is 0 Å². The summed E-state index contributed by atoms with van der Waals surface area (Å²) in [4.78, 5) is 10.4. The van der Waals surface area contributed by atoms with E-state index >= 15 is 0 Å². The number of aliphatic carboxylic acids is 1. The second-order valence-electron chi connectivity index (χ2n) is 2.86. The van der Waals surface area contributed by atoms with Crippen molar-refractivity contribution in [2.75, 3.05) is 0 Å². The van der Waals surface area contributed by atoms with Gasteiger partial charge in [-0.05, 0) is 11.6 Å². The second kappa shape index (κ2) is 4.39. The highest BCUT2D eigenvalue weighted by Gasteiger charge is 2.15. The minimum Gasteiger partial charge on any atom is -0.480 e. The first-order valence-corrected chi connectivity index (χ1v) is 4.31. The van der Waals surface area contributed by atoms with E-state index in [1.54, 1.807) is 6.07 Å². The maximum absolute atomic E-state index is 13.2. The van der Waals surface area contributed by atoms with Crippen LogP contribution in [0, 0.1) is 5.82 Å². The molecule has 0 fully saturated rings. The van der Waals surface area contributed by atoms with Crippen molar-refractivity contribution in [3.8, 4) is 0 Å². The summed E-state index contributed by atoms with van der Waals surface area (Å²) in [5.74, 6) is -1.77. The molecular weight excluding hydrogens is 209 g/mol. The molecule has 14 heavy (non-hydrogen) atoms. The number of carbonyl (C=O) groups is 1. The topological polar surface area (TPSA) is 63.3 Å². The summed E-state index contributed by atoms with van der Waals surface area (Å²) < 4.78 is 13.2. The van der Waals surface area contributed by atoms with E-state index in [0.29, 0.717) is 0 Å². The third-order valence-corrected chi connectivity index (χ3v) is 2.08. The molecule has 0 radical (unpaired) electrons. The van der Waals surface area contributed by atoms with Gasteiger partial charge in [0, 0.05) is 6.42 Å². The van der Waals surface area contributed by atoms with E-state index in [4.69, 9.17) is 22.4 Å². The lowest BCUT2D eigenvalue weighted by Gasteiger charge is -2.07. The van der Waals surface area contributed by atoms with Crippen LogP contribution in [-0.2, 0) is 11.2 Å². The standard InChI is InChI=1S/C9H9ClFNO2/c10-6-3-1-2-5(8(6)11)4-7(12)9(13)14/h1-3,7H,4,12H2,(H,13,14)/t7-/m1/s1. The van der Waals surface area contributed by atoms with Crippen molar-refractivity contribution in [1.29, 1.82) is 0 Å². The first-order chi connectivity index (χ1) is 6.52. The van der Waals surface area contributed by atoms with E-state index in [9.17, 15) is 9.18 Å². The van der Waals surface area contributed by atoms with Crippen LogP contribution in [-0.4, -0.2) is 17.1 Å². The zero-order chi connectivity index (χ0) is 10.7. The lowest BCUT2D eigenvalue weighted by molar-refractivity contribution is -0.138. The minimum atomic E-state index is -1.16. The molecule has 3 N–H and O–H groups in total. The maximum Gasteiger partial charge on any atom is 0.320 e. The van der Waals surface area contributed by atoms with Crippen molar-refractivity contribution in [2.45, 2.75) is 12.5 Å². The van der Waals surface area contributed by atoms with Crippen molar-refractivity contribution < 1.29 is 14.3 Å². The van der Waals surface area contributed by atoms with Gasteiger partial charge in [0.05, 0.1) is 5.02 Å². The molecule has 0 amide bonds. The lowest BCUT2D eigenvalue weighted by atomic mass is 10.1. The largest absolute Gasteiger partial charge is 0.480 e. The van der Waals surface area contributed by atoms with E-state index in [2.05, 4.69) is 0 Å². The van der Waals surface area contributed by atoms with Crippen LogP contribution in [0.15, 0.2) is 18.2 Å². The molecule has 0 saturated heterocycles. The number of rotatable bonds is 3. The summed E-state index contributed by atoms with van der Waals surface area (Å²) in [7, 11) is 0. The van der Waals surface area contributed by atoms with E-state index in [1.807, 2.05) is 0 Å². The van der Waals surface area contributed by atoms with Gasteiger partial charge in [-0.25, -0.2) is 4.39 Å². The highest BCUT2D eigenvalue weighted by atomic mass is 35.5. The van der Waals surface area contributed by atoms with Crippen LogP contribution in [0.1, 0.15) is 5.56 Å². The van der Waals surface area contributed by atoms with Crippen LogP contribution < -0.4 is 5.73 Å². The molecule has 1 rings (SSSR count). The van der Waals surface area contributed by atoms with Gasteiger partial charge in [0.2, 0.25) is 0 Å². The molecule has 0 aliphatic rings. The Kier molecular flexibility index (Phi) is 3.43. The van der Waals surface area contributed by atoms with Gasteiger partial charge in [0.15, 0.2) is 0 Å². The Labute approximate surface area is 85.3 Å². The van der Waals surface area contributed by atoms with Crippen LogP contribution >= 0.6 is 11.6 Å². The Bertz CT molecular complexity index is 357. The molecule has 0 spiro atoms. The molecule has 0 heterocycles. The maximum atomic E-state index is 13.2. The summed E-state index contributed by atoms with van der Waals surface area (Å²) >= 11 is 5.51. The third kappa shape index (κ3) is 2.43. The zero-order valence-corrected chi connectivity index (χ0v) is 7.96. The highest BCUT2D eigenvalue weighted by molar-refractivity contribution is 6.30. The molecule has 1 aromatic rings. The Balaban J connectivity index is 2.87. The monoisotopic (exact) mass is 217 g/mol. The number of hydrogen-bond acceptors (Lipinski definition) is 2. The summed E-state index contributed by atoms with van der Waals surface area (Å²) in [6, 6.07) is 3.30. The van der Waals surface area contributed by atoms with Gasteiger partial charge in [-0.15, -0.1) is 0 Å². The molecule has 0 aliphatic heterocycles. The molecular formula is C9H9ClFNO2. The normalized spacial score (nSPS) is 12.5. The van der Waals surface area contributed by atoms with Gasteiger partial charge in [-0.2, -0.15) is 0 Å². The van der Waals surface area contributed by atoms with Crippen molar-refractivity contribution >= 4 is 17.6 Å². The summed E-state index contributed by atoms with van der Waals surface area (Å²) in [6.45, 7) is 0. The molecule has 1 atom stereocenters. The highest BCUT2D eigenvalue weighted by Crippen LogP contribution is 2.18. The molecule has 76 valence electrons. The Morgan fingerprint density at radius 2 is 2.29 bits per heavy atom. The van der Waals surface area contributed by atoms with Crippen molar-refractivity contribution in [1.82, 2.24) is 0 Å². The number of carboxylic acid groups (broad SMARTS) is 1. The number of hydrogen-bond donors (Lipinski definition) is 2. The molecule has 3 nitrogen and oxygen atoms in total. The fourth-order valence-electron chi connectivity index (χ4n) is 1.03. The quantitative estimate of drug-likeness (QED) is 0.805. The molecule has 0 bridgehead atoms. The first kappa shape index (κ1) is 10.9. The smallest absolute Gasteiger partial charge is 0.320 e. The third-order valence-electron chi connectivity index (χ3n) is 1.79. The van der Waals surface area contributed by atoms with Gasteiger partial charge >= 0.3 is 5.97 Å². The van der Waals surface area contributed by atoms with Crippen molar-refractivity contribution in [2.24, 2.45) is 5.73 Å². The molecule has 0 saturated carbocycles. The Morgan fingerprint density at radius 3 is 2.86 bits per heavy atom. The average Bonchev–Trinajstić information content (AvgIpc) is 2.12. The van der Waals surface area contributed by atoms with Gasteiger partial charge in [0.25, 0.3) is 0 Å². The molecule has 0 aliphatic carbocycles. The van der Waals surface area contributed by atoms with Gasteiger partial charge in [-0.1, -0.05) is 23.7 Å². The summed E-state index contributed by atoms with van der Waals surface area (Å²) in [5, 5.41) is 8.50. The Hall–Kier alpha value is -1.13. The van der Waals surface area contributed by atoms with Crippen LogP contribution in [0.25, 0.3) is 0 Å². The van der Waals surface area contributed by atoms with E-state index in [0.717, 1.165) is 0 Å². The fourth-order valence-corrected chi connectivity index (χ4v) is 1.22. The predicted octanol–water partition coefficient (Wildman–Crippen LogP) is 1.43.